The van der Waals surface area contributed by atoms with Crippen molar-refractivity contribution in [1.29, 1.82) is 0 Å². The van der Waals surface area contributed by atoms with E-state index in [9.17, 15) is 0 Å². The molecule has 0 aliphatic carbocycles. The summed E-state index contributed by atoms with van der Waals surface area (Å²) in [6, 6.07) is 0. The number of guanidine groups is 1. The quantitative estimate of drug-likeness (QED) is 0.611. The first-order valence-electron chi connectivity index (χ1n) is 4.38. The fourth-order valence-electron chi connectivity index (χ4n) is 1.08. The maximum Gasteiger partial charge on any atom is 0.224 e. The second-order valence-electron chi connectivity index (χ2n) is 2.53. The first-order chi connectivity index (χ1) is 5.88. The molecule has 0 saturated heterocycles. The average Bonchev–Trinajstić information content (AvgIpc) is 2.35. The van der Waals surface area contributed by atoms with E-state index in [-0.39, 0.29) is 0 Å². The maximum absolute atomic E-state index is 4.25. The van der Waals surface area contributed by atoms with Crippen molar-refractivity contribution in [3.63, 3.8) is 0 Å². The van der Waals surface area contributed by atoms with Gasteiger partial charge in [-0.15, -0.1) is 0 Å². The lowest BCUT2D eigenvalue weighted by atomic mass is 10.4. The molecule has 1 rings (SSSR count). The Morgan fingerprint density at radius 2 is 2.17 bits per heavy atom. The van der Waals surface area contributed by atoms with Crippen LogP contribution in [0.15, 0.2) is 22.3 Å². The highest BCUT2D eigenvalue weighted by Crippen LogP contribution is 1.97. The lowest BCUT2D eigenvalue weighted by Crippen LogP contribution is -2.28. The molecule has 0 bridgehead atoms. The molecule has 0 amide bonds. The third kappa shape index (κ3) is 2.19. The van der Waals surface area contributed by atoms with Crippen LogP contribution in [0.25, 0.3) is 0 Å². The molecule has 0 aromatic carbocycles. The highest BCUT2D eigenvalue weighted by molar-refractivity contribution is 5.89. The molecule has 1 heterocycles. The van der Waals surface area contributed by atoms with E-state index in [1.54, 1.807) is 0 Å². The van der Waals surface area contributed by atoms with E-state index in [4.69, 9.17) is 0 Å². The molecule has 0 aromatic rings. The fourth-order valence-corrected chi connectivity index (χ4v) is 1.08. The molecule has 1 aliphatic heterocycles. The van der Waals surface area contributed by atoms with E-state index < -0.39 is 0 Å². The van der Waals surface area contributed by atoms with Gasteiger partial charge in [0.15, 0.2) is 0 Å². The van der Waals surface area contributed by atoms with Gasteiger partial charge in [0.05, 0.1) is 0 Å². The van der Waals surface area contributed by atoms with Gasteiger partial charge in [-0.3, -0.25) is 0 Å². The van der Waals surface area contributed by atoms with Crippen LogP contribution in [0.5, 0.6) is 0 Å². The summed E-state index contributed by atoms with van der Waals surface area (Å²) in [5, 5.41) is 0. The number of hydrogen-bond donors (Lipinski definition) is 0. The number of aliphatic imine (C=N–C) groups is 2. The number of rotatable bonds is 2. The zero-order valence-corrected chi connectivity index (χ0v) is 7.70. The summed E-state index contributed by atoms with van der Waals surface area (Å²) in [4.78, 5) is 10.6. The molecule has 0 radical (unpaired) electrons. The van der Waals surface area contributed by atoms with E-state index in [0.717, 1.165) is 25.5 Å². The van der Waals surface area contributed by atoms with E-state index in [0.29, 0.717) is 0 Å². The highest BCUT2D eigenvalue weighted by atomic mass is 15.3. The molecule has 0 fully saturated rings. The van der Waals surface area contributed by atoms with Crippen molar-refractivity contribution in [2.45, 2.75) is 20.3 Å². The smallest absolute Gasteiger partial charge is 0.224 e. The van der Waals surface area contributed by atoms with Crippen molar-refractivity contribution < 1.29 is 0 Å². The summed E-state index contributed by atoms with van der Waals surface area (Å²) in [6.45, 7) is 6.13. The lowest BCUT2D eigenvalue weighted by Gasteiger charge is -2.18. The van der Waals surface area contributed by atoms with E-state index in [2.05, 4.69) is 28.7 Å². The largest absolute Gasteiger partial charge is 0.341 e. The van der Waals surface area contributed by atoms with Crippen molar-refractivity contribution in [2.75, 3.05) is 13.1 Å². The van der Waals surface area contributed by atoms with Gasteiger partial charge in [-0.25, -0.2) is 9.98 Å². The minimum Gasteiger partial charge on any atom is -0.341 e. The predicted octanol–water partition coefficient (Wildman–Crippen LogP) is 1.67. The van der Waals surface area contributed by atoms with Crippen molar-refractivity contribution >= 4 is 12.2 Å². The zero-order chi connectivity index (χ0) is 8.81. The molecule has 3 nitrogen and oxygen atoms in total. The summed E-state index contributed by atoms with van der Waals surface area (Å²) in [5.41, 5.74) is 0. The van der Waals surface area contributed by atoms with Gasteiger partial charge in [-0.1, -0.05) is 6.08 Å². The van der Waals surface area contributed by atoms with Crippen LogP contribution in [0.4, 0.5) is 0 Å². The third-order valence-corrected chi connectivity index (χ3v) is 1.79. The van der Waals surface area contributed by atoms with Gasteiger partial charge in [0.2, 0.25) is 5.96 Å². The zero-order valence-electron chi connectivity index (χ0n) is 7.70. The fraction of sp³-hybridized carbons (Fsp3) is 0.556. The van der Waals surface area contributed by atoms with Gasteiger partial charge < -0.3 is 4.90 Å². The summed E-state index contributed by atoms with van der Waals surface area (Å²) in [6.07, 6.45) is 6.59. The Labute approximate surface area is 73.5 Å². The summed E-state index contributed by atoms with van der Waals surface area (Å²) >= 11 is 0. The predicted molar refractivity (Wildman–Crippen MR) is 52.6 cm³/mol. The molecular weight excluding hydrogens is 150 g/mol. The van der Waals surface area contributed by atoms with Crippen LogP contribution < -0.4 is 0 Å². The molecule has 0 aromatic heterocycles. The average molecular weight is 165 g/mol. The molecule has 0 spiro atoms. The summed E-state index contributed by atoms with van der Waals surface area (Å²) in [7, 11) is 0. The van der Waals surface area contributed by atoms with Gasteiger partial charge in [-0.2, -0.15) is 0 Å². The van der Waals surface area contributed by atoms with Crippen molar-refractivity contribution in [3.8, 4) is 0 Å². The van der Waals surface area contributed by atoms with Gasteiger partial charge in [0.25, 0.3) is 0 Å². The summed E-state index contributed by atoms with van der Waals surface area (Å²) < 4.78 is 0. The molecular formula is C9H15N3. The van der Waals surface area contributed by atoms with Gasteiger partial charge in [0.1, 0.15) is 0 Å². The molecule has 1 aliphatic rings. The van der Waals surface area contributed by atoms with Crippen molar-refractivity contribution in [2.24, 2.45) is 9.98 Å². The Balaban J connectivity index is 2.70. The van der Waals surface area contributed by atoms with Crippen LogP contribution in [-0.4, -0.2) is 30.2 Å². The van der Waals surface area contributed by atoms with Crippen LogP contribution in [0.2, 0.25) is 0 Å². The van der Waals surface area contributed by atoms with Crippen LogP contribution in [0.1, 0.15) is 20.3 Å². The number of allylic oxidation sites excluding steroid dienone is 1. The van der Waals surface area contributed by atoms with E-state index in [1.807, 2.05) is 18.5 Å². The van der Waals surface area contributed by atoms with Crippen molar-refractivity contribution in [3.05, 3.63) is 12.3 Å². The minimum atomic E-state index is 0.828. The Hall–Kier alpha value is -1.12. The molecule has 12 heavy (non-hydrogen) atoms. The molecule has 0 atom stereocenters. The van der Waals surface area contributed by atoms with Crippen LogP contribution in [-0.2, 0) is 0 Å². The first-order valence-corrected chi connectivity index (χ1v) is 4.38. The maximum atomic E-state index is 4.25. The monoisotopic (exact) mass is 165 g/mol. The SMILES string of the molecule is CCN(CC)C1=NC=CCC=N1. The second kappa shape index (κ2) is 4.70. The van der Waals surface area contributed by atoms with Gasteiger partial charge >= 0.3 is 0 Å². The van der Waals surface area contributed by atoms with E-state index >= 15 is 0 Å². The second-order valence-corrected chi connectivity index (χ2v) is 2.53. The first kappa shape index (κ1) is 8.97. The number of nitrogens with zero attached hydrogens (tertiary/aromatic N) is 3. The van der Waals surface area contributed by atoms with Gasteiger partial charge in [0, 0.05) is 31.9 Å². The van der Waals surface area contributed by atoms with Crippen molar-refractivity contribution in [1.82, 2.24) is 4.90 Å². The summed E-state index contributed by atoms with van der Waals surface area (Å²) in [5.74, 6) is 0.828. The van der Waals surface area contributed by atoms with Crippen LogP contribution in [0.3, 0.4) is 0 Å². The standard InChI is InChI=1S/C9H15N3/c1-3-12(4-2)9-10-7-5-6-8-11-9/h5,7-8H,3-4,6H2,1-2H3. The molecule has 0 N–H and O–H groups in total. The Kier molecular flexibility index (Phi) is 3.51. The van der Waals surface area contributed by atoms with Gasteiger partial charge in [-0.05, 0) is 13.8 Å². The molecule has 0 saturated carbocycles. The number of hydrogen-bond acceptors (Lipinski definition) is 3. The Bertz CT molecular complexity index is 212. The third-order valence-electron chi connectivity index (χ3n) is 1.79. The molecule has 0 unspecified atom stereocenters. The van der Waals surface area contributed by atoms with E-state index in [1.165, 1.54) is 0 Å². The normalized spacial score (nSPS) is 15.7. The van der Waals surface area contributed by atoms with Crippen LogP contribution >= 0.6 is 0 Å². The lowest BCUT2D eigenvalue weighted by molar-refractivity contribution is 0.461. The van der Waals surface area contributed by atoms with Crippen LogP contribution in [0, 0.1) is 0 Å². The Morgan fingerprint density at radius 1 is 1.42 bits per heavy atom. The minimum absolute atomic E-state index is 0.828. The Morgan fingerprint density at radius 3 is 2.83 bits per heavy atom. The molecule has 3 heteroatoms. The molecule has 66 valence electrons. The highest BCUT2D eigenvalue weighted by Gasteiger charge is 2.04. The topological polar surface area (TPSA) is 28.0 Å².